The number of hydrogen-bond acceptors (Lipinski definition) is 5. The molecule has 1 aliphatic heterocycles. The third-order valence-corrected chi connectivity index (χ3v) is 4.47. The van der Waals surface area contributed by atoms with Gasteiger partial charge in [-0.2, -0.15) is 0 Å². The molecule has 1 aromatic carbocycles. The quantitative estimate of drug-likeness (QED) is 0.840. The Balaban J connectivity index is 1.57. The highest BCUT2D eigenvalue weighted by Crippen LogP contribution is 2.28. The van der Waals surface area contributed by atoms with Crippen LogP contribution in [-0.2, 0) is 16.1 Å². The third-order valence-electron chi connectivity index (χ3n) is 4.47. The molecular formula is C19H22N2O4. The Labute approximate surface area is 146 Å². The number of phenols is 1. The fourth-order valence-corrected chi connectivity index (χ4v) is 3.20. The number of benzene rings is 1. The van der Waals surface area contributed by atoms with Crippen LogP contribution < -0.4 is 0 Å². The number of phenolic OH excluding ortho intramolecular Hbond substituents is 1. The van der Waals surface area contributed by atoms with E-state index in [0.717, 1.165) is 18.4 Å². The average molecular weight is 342 g/mol. The molecule has 2 heterocycles. The molecule has 0 spiro atoms. The van der Waals surface area contributed by atoms with Gasteiger partial charge >= 0.3 is 5.97 Å². The zero-order valence-electron chi connectivity index (χ0n) is 13.9. The first kappa shape index (κ1) is 17.4. The van der Waals surface area contributed by atoms with Crippen molar-refractivity contribution in [2.75, 3.05) is 13.1 Å². The molecule has 1 saturated heterocycles. The number of carboxylic acids is 1. The number of carbonyl (C=O) groups is 1. The lowest BCUT2D eigenvalue weighted by Gasteiger charge is -2.35. The Morgan fingerprint density at radius 1 is 1.28 bits per heavy atom. The molecule has 0 radical (unpaired) electrons. The first-order valence-corrected chi connectivity index (χ1v) is 8.40. The highest BCUT2D eigenvalue weighted by Gasteiger charge is 2.31. The van der Waals surface area contributed by atoms with Crippen LogP contribution in [0.5, 0.6) is 5.75 Å². The molecule has 6 heteroatoms. The van der Waals surface area contributed by atoms with Crippen LogP contribution in [0.3, 0.4) is 0 Å². The fourth-order valence-electron chi connectivity index (χ4n) is 3.20. The van der Waals surface area contributed by atoms with E-state index in [1.54, 1.807) is 30.6 Å². The van der Waals surface area contributed by atoms with E-state index in [9.17, 15) is 15.0 Å². The summed E-state index contributed by atoms with van der Waals surface area (Å²) >= 11 is 0. The molecule has 132 valence electrons. The van der Waals surface area contributed by atoms with Gasteiger partial charge in [0, 0.05) is 25.5 Å². The van der Waals surface area contributed by atoms with E-state index in [1.807, 2.05) is 17.0 Å². The van der Waals surface area contributed by atoms with Gasteiger partial charge < -0.3 is 14.9 Å². The van der Waals surface area contributed by atoms with Crippen molar-refractivity contribution < 1.29 is 19.7 Å². The van der Waals surface area contributed by atoms with E-state index in [4.69, 9.17) is 4.74 Å². The van der Waals surface area contributed by atoms with Gasteiger partial charge in [-0.05, 0) is 42.2 Å². The van der Waals surface area contributed by atoms with Gasteiger partial charge in [0.15, 0.2) is 0 Å². The minimum absolute atomic E-state index is 0.0819. The summed E-state index contributed by atoms with van der Waals surface area (Å²) in [6, 6.07) is 9.59. The predicted octanol–water partition coefficient (Wildman–Crippen LogP) is 2.59. The van der Waals surface area contributed by atoms with Crippen molar-refractivity contribution in [2.45, 2.75) is 31.6 Å². The second kappa shape index (κ2) is 8.09. The molecule has 3 rings (SSSR count). The second-order valence-corrected chi connectivity index (χ2v) is 6.24. The second-order valence-electron chi connectivity index (χ2n) is 6.24. The number of aromatic hydroxyl groups is 1. The van der Waals surface area contributed by atoms with Crippen LogP contribution in [0.1, 0.15) is 30.0 Å². The van der Waals surface area contributed by atoms with E-state index in [1.165, 1.54) is 6.07 Å². The number of aromatic nitrogens is 1. The van der Waals surface area contributed by atoms with Crippen LogP contribution in [0.4, 0.5) is 0 Å². The van der Waals surface area contributed by atoms with Gasteiger partial charge in [0.25, 0.3) is 0 Å². The lowest BCUT2D eigenvalue weighted by atomic mass is 10.00. The molecule has 1 aromatic heterocycles. The zero-order valence-corrected chi connectivity index (χ0v) is 13.9. The van der Waals surface area contributed by atoms with Gasteiger partial charge in [0.05, 0.1) is 12.7 Å². The molecule has 6 nitrogen and oxygen atoms in total. The van der Waals surface area contributed by atoms with Crippen molar-refractivity contribution >= 4 is 5.97 Å². The van der Waals surface area contributed by atoms with Crippen molar-refractivity contribution in [2.24, 2.45) is 0 Å². The van der Waals surface area contributed by atoms with Crippen LogP contribution in [0.15, 0.2) is 48.8 Å². The van der Waals surface area contributed by atoms with Gasteiger partial charge in [-0.25, -0.2) is 0 Å². The minimum Gasteiger partial charge on any atom is -0.508 e. The maximum atomic E-state index is 11.7. The van der Waals surface area contributed by atoms with Crippen molar-refractivity contribution in [3.63, 3.8) is 0 Å². The zero-order chi connectivity index (χ0) is 17.6. The molecular weight excluding hydrogens is 320 g/mol. The lowest BCUT2D eigenvalue weighted by Crippen LogP contribution is -2.42. The summed E-state index contributed by atoms with van der Waals surface area (Å²) in [7, 11) is 0. The number of pyridine rings is 1. The van der Waals surface area contributed by atoms with Gasteiger partial charge in [-0.3, -0.25) is 14.7 Å². The molecule has 1 atom stereocenters. The summed E-state index contributed by atoms with van der Waals surface area (Å²) < 4.78 is 5.93. The molecule has 25 heavy (non-hydrogen) atoms. The molecule has 0 saturated carbocycles. The van der Waals surface area contributed by atoms with Crippen LogP contribution in [0.2, 0.25) is 0 Å². The van der Waals surface area contributed by atoms with Gasteiger partial charge in [-0.15, -0.1) is 0 Å². The number of likely N-dealkylation sites (tertiary alicyclic amines) is 1. The lowest BCUT2D eigenvalue weighted by molar-refractivity contribution is -0.145. The average Bonchev–Trinajstić information content (AvgIpc) is 2.62. The topological polar surface area (TPSA) is 82.9 Å². The Kier molecular flexibility index (Phi) is 5.63. The van der Waals surface area contributed by atoms with E-state index in [2.05, 4.69) is 4.98 Å². The van der Waals surface area contributed by atoms with Crippen LogP contribution in [0.25, 0.3) is 0 Å². The number of hydrogen-bond donors (Lipinski definition) is 2. The molecule has 0 aliphatic carbocycles. The summed E-state index contributed by atoms with van der Waals surface area (Å²) in [5.41, 5.74) is 1.63. The third kappa shape index (κ3) is 4.55. The van der Waals surface area contributed by atoms with Crippen molar-refractivity contribution in [1.82, 2.24) is 9.88 Å². The van der Waals surface area contributed by atoms with Crippen molar-refractivity contribution in [3.8, 4) is 5.75 Å². The SMILES string of the molecule is O=C(O)[C@@H](c1cccc(O)c1)N1CCC(OCc2cccnc2)CC1. The molecule has 1 aliphatic rings. The number of piperidine rings is 1. The number of carboxylic acid groups (broad SMARTS) is 1. The minimum atomic E-state index is -0.902. The van der Waals surface area contributed by atoms with Gasteiger partial charge in [-0.1, -0.05) is 18.2 Å². The summed E-state index contributed by atoms with van der Waals surface area (Å²) in [5.74, 6) is -0.821. The number of aliphatic carboxylic acids is 1. The standard InChI is InChI=1S/C19H22N2O4/c22-16-5-1-4-15(11-16)18(19(23)24)21-9-6-17(7-10-21)25-13-14-3-2-8-20-12-14/h1-5,8,11-12,17-18,22H,6-7,9-10,13H2,(H,23,24)/t18-/m1/s1. The van der Waals surface area contributed by atoms with Gasteiger partial charge in [0.2, 0.25) is 0 Å². The highest BCUT2D eigenvalue weighted by molar-refractivity contribution is 5.75. The van der Waals surface area contributed by atoms with Crippen molar-refractivity contribution in [1.29, 1.82) is 0 Å². The molecule has 0 amide bonds. The first-order chi connectivity index (χ1) is 12.1. The molecule has 1 fully saturated rings. The van der Waals surface area contributed by atoms with Gasteiger partial charge in [0.1, 0.15) is 11.8 Å². The maximum Gasteiger partial charge on any atom is 0.325 e. The summed E-state index contributed by atoms with van der Waals surface area (Å²) in [4.78, 5) is 17.7. The van der Waals surface area contributed by atoms with Crippen LogP contribution in [-0.4, -0.2) is 45.3 Å². The Morgan fingerprint density at radius 2 is 2.08 bits per heavy atom. The maximum absolute atomic E-state index is 11.7. The fraction of sp³-hybridized carbons (Fsp3) is 0.368. The number of ether oxygens (including phenoxy) is 1. The molecule has 0 unspecified atom stereocenters. The summed E-state index contributed by atoms with van der Waals surface area (Å²) in [6.45, 7) is 1.81. The molecule has 2 N–H and O–H groups in total. The van der Waals surface area contributed by atoms with E-state index < -0.39 is 12.0 Å². The largest absolute Gasteiger partial charge is 0.508 e. The number of nitrogens with zero attached hydrogens (tertiary/aromatic N) is 2. The monoisotopic (exact) mass is 342 g/mol. The Bertz CT molecular complexity index is 700. The summed E-state index contributed by atoms with van der Waals surface area (Å²) in [6.07, 6.45) is 5.20. The molecule has 0 bridgehead atoms. The first-order valence-electron chi connectivity index (χ1n) is 8.40. The van der Waals surface area contributed by atoms with E-state index in [0.29, 0.717) is 25.3 Å². The smallest absolute Gasteiger partial charge is 0.325 e. The predicted molar refractivity (Wildman–Crippen MR) is 92.1 cm³/mol. The van der Waals surface area contributed by atoms with E-state index >= 15 is 0 Å². The Morgan fingerprint density at radius 3 is 2.72 bits per heavy atom. The van der Waals surface area contributed by atoms with Crippen molar-refractivity contribution in [3.05, 3.63) is 59.9 Å². The normalized spacial score (nSPS) is 17.3. The van der Waals surface area contributed by atoms with Crippen LogP contribution >= 0.6 is 0 Å². The molecule has 2 aromatic rings. The van der Waals surface area contributed by atoms with Crippen LogP contribution in [0, 0.1) is 0 Å². The highest BCUT2D eigenvalue weighted by atomic mass is 16.5. The Hall–Kier alpha value is -2.44. The number of rotatable bonds is 6. The summed E-state index contributed by atoms with van der Waals surface area (Å²) in [5, 5.41) is 19.3. The van der Waals surface area contributed by atoms with E-state index in [-0.39, 0.29) is 11.9 Å².